The fourth-order valence-electron chi connectivity index (χ4n) is 2.58. The van der Waals surface area contributed by atoms with Crippen molar-refractivity contribution < 1.29 is 9.00 Å². The van der Waals surface area contributed by atoms with Crippen LogP contribution in [-0.2, 0) is 15.8 Å². The first-order valence-electron chi connectivity index (χ1n) is 7.35. The largest absolute Gasteiger partial charge is 0.289 e. The molecule has 1 amide bonds. The highest BCUT2D eigenvalue weighted by Crippen LogP contribution is 2.39. The molecule has 0 radical (unpaired) electrons. The summed E-state index contributed by atoms with van der Waals surface area (Å²) < 4.78 is 17.0. The molecule has 0 fully saturated rings. The number of fused-ring (bicyclic) bond motifs is 1. The Morgan fingerprint density at radius 3 is 2.46 bits per heavy atom. The van der Waals surface area contributed by atoms with Gasteiger partial charge >= 0.3 is 0 Å². The van der Waals surface area contributed by atoms with Gasteiger partial charge < -0.3 is 0 Å². The van der Waals surface area contributed by atoms with Gasteiger partial charge in [-0.2, -0.15) is 0 Å². The SMILES string of the molecule is CC(C)NS(=O)c1cnc2n1C(C)C(=O)N2c1cc(Cl)cc(Cl)c1. The van der Waals surface area contributed by atoms with Gasteiger partial charge in [-0.3, -0.25) is 9.36 Å². The highest BCUT2D eigenvalue weighted by atomic mass is 35.5. The van der Waals surface area contributed by atoms with Crippen molar-refractivity contribution in [2.45, 2.75) is 37.9 Å². The molecule has 0 spiro atoms. The van der Waals surface area contributed by atoms with Crippen molar-refractivity contribution in [2.75, 3.05) is 4.90 Å². The zero-order chi connectivity index (χ0) is 17.6. The molecule has 3 rings (SSSR count). The number of hydrogen-bond acceptors (Lipinski definition) is 3. The summed E-state index contributed by atoms with van der Waals surface area (Å²) in [7, 11) is -1.46. The highest BCUT2D eigenvalue weighted by molar-refractivity contribution is 7.83. The van der Waals surface area contributed by atoms with Gasteiger partial charge in [-0.1, -0.05) is 23.2 Å². The third kappa shape index (κ3) is 2.97. The van der Waals surface area contributed by atoms with Gasteiger partial charge in [0, 0.05) is 16.1 Å². The van der Waals surface area contributed by atoms with E-state index < -0.39 is 17.0 Å². The Hall–Kier alpha value is -1.41. The molecule has 2 unspecified atom stereocenters. The van der Waals surface area contributed by atoms with Gasteiger partial charge in [0.2, 0.25) is 5.95 Å². The lowest BCUT2D eigenvalue weighted by Crippen LogP contribution is -2.27. The standard InChI is InChI=1S/C15H16Cl2N4O2S/c1-8(2)19-24(23)13-7-18-15-20(13)9(3)14(22)21(15)12-5-10(16)4-11(17)6-12/h4-9,19H,1-3H3. The monoisotopic (exact) mass is 386 g/mol. The van der Waals surface area contributed by atoms with Gasteiger partial charge in [-0.15, -0.1) is 0 Å². The van der Waals surface area contributed by atoms with Crippen molar-refractivity contribution in [3.63, 3.8) is 0 Å². The Labute approximate surface area is 152 Å². The van der Waals surface area contributed by atoms with E-state index in [9.17, 15) is 9.00 Å². The van der Waals surface area contributed by atoms with Crippen LogP contribution in [0.4, 0.5) is 11.6 Å². The van der Waals surface area contributed by atoms with Crippen molar-refractivity contribution in [3.8, 4) is 0 Å². The average Bonchev–Trinajstić information content (AvgIpc) is 2.98. The zero-order valence-corrected chi connectivity index (χ0v) is 15.6. The van der Waals surface area contributed by atoms with Crippen molar-refractivity contribution >= 4 is 51.7 Å². The molecule has 9 heteroatoms. The van der Waals surface area contributed by atoms with Crippen LogP contribution in [0.2, 0.25) is 10.0 Å². The summed E-state index contributed by atoms with van der Waals surface area (Å²) in [6.45, 7) is 5.54. The lowest BCUT2D eigenvalue weighted by molar-refractivity contribution is -0.119. The molecule has 0 bridgehead atoms. The number of carbonyl (C=O) groups excluding carboxylic acids is 1. The van der Waals surface area contributed by atoms with Gasteiger partial charge in [-0.25, -0.2) is 18.8 Å². The molecular weight excluding hydrogens is 371 g/mol. The van der Waals surface area contributed by atoms with E-state index in [1.54, 1.807) is 29.7 Å². The molecule has 1 aromatic carbocycles. The molecule has 24 heavy (non-hydrogen) atoms. The molecule has 1 aliphatic rings. The predicted molar refractivity (Wildman–Crippen MR) is 95.2 cm³/mol. The van der Waals surface area contributed by atoms with E-state index in [0.717, 1.165) is 0 Å². The van der Waals surface area contributed by atoms with Crippen molar-refractivity contribution in [1.82, 2.24) is 14.3 Å². The predicted octanol–water partition coefficient (Wildman–Crippen LogP) is 3.45. The van der Waals surface area contributed by atoms with Crippen LogP contribution in [0, 0.1) is 0 Å². The molecule has 0 saturated carbocycles. The minimum absolute atomic E-state index is 0.0345. The first kappa shape index (κ1) is 17.4. The van der Waals surface area contributed by atoms with E-state index in [2.05, 4.69) is 9.71 Å². The summed E-state index contributed by atoms with van der Waals surface area (Å²) in [5.74, 6) is 0.221. The second-order valence-electron chi connectivity index (χ2n) is 5.78. The van der Waals surface area contributed by atoms with Gasteiger partial charge in [0.25, 0.3) is 5.91 Å². The number of anilines is 2. The summed E-state index contributed by atoms with van der Waals surface area (Å²) in [6, 6.07) is 4.40. The third-order valence-corrected chi connectivity index (χ3v) is 5.35. The normalized spacial score (nSPS) is 18.3. The Morgan fingerprint density at radius 1 is 1.25 bits per heavy atom. The third-order valence-electron chi connectivity index (χ3n) is 3.55. The molecule has 128 valence electrons. The van der Waals surface area contributed by atoms with Crippen LogP contribution in [0.1, 0.15) is 26.8 Å². The fraction of sp³-hybridized carbons (Fsp3) is 0.333. The molecule has 2 aromatic rings. The molecule has 0 saturated heterocycles. The minimum Gasteiger partial charge on any atom is -0.289 e. The maximum Gasteiger partial charge on any atom is 0.256 e. The van der Waals surface area contributed by atoms with Crippen molar-refractivity contribution in [1.29, 1.82) is 0 Å². The number of aromatic nitrogens is 2. The quantitative estimate of drug-likeness (QED) is 0.874. The maximum absolute atomic E-state index is 12.7. The molecule has 6 nitrogen and oxygen atoms in total. The number of rotatable bonds is 4. The Kier molecular flexibility index (Phi) is 4.70. The zero-order valence-electron chi connectivity index (χ0n) is 13.3. The lowest BCUT2D eigenvalue weighted by atomic mass is 10.2. The van der Waals surface area contributed by atoms with Crippen LogP contribution in [0.15, 0.2) is 29.4 Å². The lowest BCUT2D eigenvalue weighted by Gasteiger charge is -2.15. The maximum atomic E-state index is 12.7. The molecule has 0 aliphatic carbocycles. The number of carbonyl (C=O) groups is 1. The topological polar surface area (TPSA) is 67.2 Å². The van der Waals surface area contributed by atoms with Crippen LogP contribution >= 0.6 is 23.2 Å². The van der Waals surface area contributed by atoms with Crippen LogP contribution in [-0.4, -0.2) is 25.7 Å². The number of hydrogen-bond donors (Lipinski definition) is 1. The van der Waals surface area contributed by atoms with Gasteiger partial charge in [0.15, 0.2) is 0 Å². The van der Waals surface area contributed by atoms with Gasteiger partial charge in [0.05, 0.1) is 11.9 Å². The van der Waals surface area contributed by atoms with Gasteiger partial charge in [0.1, 0.15) is 22.1 Å². The second kappa shape index (κ2) is 6.48. The van der Waals surface area contributed by atoms with E-state index in [4.69, 9.17) is 23.2 Å². The first-order chi connectivity index (χ1) is 11.3. The Morgan fingerprint density at radius 2 is 1.88 bits per heavy atom. The molecule has 2 atom stereocenters. The molecular formula is C15H16Cl2N4O2S. The Balaban J connectivity index is 2.07. The van der Waals surface area contributed by atoms with E-state index in [-0.39, 0.29) is 11.9 Å². The Bertz CT molecular complexity index is 817. The number of imidazole rings is 1. The molecule has 1 aromatic heterocycles. The minimum atomic E-state index is -1.46. The highest BCUT2D eigenvalue weighted by Gasteiger charge is 2.39. The number of nitrogens with one attached hydrogen (secondary N) is 1. The summed E-state index contributed by atoms with van der Waals surface area (Å²) in [4.78, 5) is 18.4. The van der Waals surface area contributed by atoms with E-state index >= 15 is 0 Å². The summed E-state index contributed by atoms with van der Waals surface area (Å²) in [6.07, 6.45) is 1.52. The average molecular weight is 387 g/mol. The van der Waals surface area contributed by atoms with Crippen LogP contribution in [0.3, 0.4) is 0 Å². The summed E-state index contributed by atoms with van der Waals surface area (Å²) in [5.41, 5.74) is 0.530. The van der Waals surface area contributed by atoms with Crippen LogP contribution in [0.5, 0.6) is 0 Å². The molecule has 2 heterocycles. The number of halogens is 2. The van der Waals surface area contributed by atoms with Crippen molar-refractivity contribution in [2.24, 2.45) is 0 Å². The summed E-state index contributed by atoms with van der Waals surface area (Å²) in [5, 5.41) is 1.30. The van der Waals surface area contributed by atoms with Gasteiger partial charge in [-0.05, 0) is 39.0 Å². The van der Waals surface area contributed by atoms with E-state index in [1.165, 1.54) is 11.1 Å². The smallest absolute Gasteiger partial charge is 0.256 e. The molecule has 1 aliphatic heterocycles. The van der Waals surface area contributed by atoms with E-state index in [0.29, 0.717) is 26.7 Å². The second-order valence-corrected chi connectivity index (χ2v) is 7.85. The summed E-state index contributed by atoms with van der Waals surface area (Å²) >= 11 is 12.1. The van der Waals surface area contributed by atoms with Crippen LogP contribution in [0.25, 0.3) is 0 Å². The van der Waals surface area contributed by atoms with Crippen LogP contribution < -0.4 is 9.62 Å². The van der Waals surface area contributed by atoms with E-state index in [1.807, 2.05) is 13.8 Å². The number of benzene rings is 1. The molecule has 1 N–H and O–H groups in total. The number of amides is 1. The number of nitrogens with zero attached hydrogens (tertiary/aromatic N) is 3. The first-order valence-corrected chi connectivity index (χ1v) is 9.25. The van der Waals surface area contributed by atoms with Crippen molar-refractivity contribution in [3.05, 3.63) is 34.4 Å². The fourth-order valence-corrected chi connectivity index (χ4v) is 4.21.